The Balaban J connectivity index is 0.000000200. The van der Waals surface area contributed by atoms with Crippen molar-refractivity contribution in [1.29, 1.82) is 0 Å². The highest BCUT2D eigenvalue weighted by Crippen LogP contribution is 2.22. The smallest absolute Gasteiger partial charge is 0.333 e. The number of hydrogen-bond donors (Lipinski definition) is 1. The largest absolute Gasteiger partial charge is 0.412 e. The Hall–Kier alpha value is -4.49. The minimum absolute atomic E-state index is 0.0375. The lowest BCUT2D eigenvalue weighted by Crippen LogP contribution is -2.36. The molecule has 1 amide bonds. The van der Waals surface area contributed by atoms with Crippen LogP contribution in [0.4, 0.5) is 13.2 Å². The Bertz CT molecular complexity index is 1440. The van der Waals surface area contributed by atoms with E-state index in [4.69, 9.17) is 4.42 Å². The predicted molar refractivity (Wildman–Crippen MR) is 109 cm³/mol. The molecule has 1 aliphatic rings. The van der Waals surface area contributed by atoms with Crippen LogP contribution in [0.1, 0.15) is 28.6 Å². The quantitative estimate of drug-likeness (QED) is 0.402. The van der Waals surface area contributed by atoms with Gasteiger partial charge in [0.05, 0.1) is 47.7 Å². The van der Waals surface area contributed by atoms with E-state index in [0.29, 0.717) is 24.2 Å². The summed E-state index contributed by atoms with van der Waals surface area (Å²) in [6, 6.07) is 6.59. The fraction of sp³-hybridized carbons (Fsp3) is 0.200. The van der Waals surface area contributed by atoms with Crippen LogP contribution < -0.4 is 0 Å². The molecule has 0 spiro atoms. The minimum atomic E-state index is -2.76. The molecule has 6 heterocycles. The van der Waals surface area contributed by atoms with Gasteiger partial charge >= 0.3 is 18.3 Å². The molecule has 34 heavy (non-hydrogen) atoms. The van der Waals surface area contributed by atoms with Gasteiger partial charge in [-0.3, -0.25) is 4.79 Å². The van der Waals surface area contributed by atoms with Crippen LogP contribution in [0.5, 0.6) is 0 Å². The van der Waals surface area contributed by atoms with E-state index in [9.17, 15) is 18.0 Å². The van der Waals surface area contributed by atoms with Crippen molar-refractivity contribution in [2.45, 2.75) is 19.5 Å². The standard InChI is InChI=1S/C13H11F2N7O2.C7H5FN2/c14-13(15)22-4-7(3-18-22)10-19-20-11(24-10)12(23)21-2-1-8-9(5-21)17-6-16-8;8-7-3-1-2-6-4-5-9-10(6)7/h3-4,6,13H,1-2,5H2,(H,16,17);1-5H. The van der Waals surface area contributed by atoms with Crippen LogP contribution in [0.15, 0.2) is 53.6 Å². The predicted octanol–water partition coefficient (Wildman–Crippen LogP) is 2.72. The summed E-state index contributed by atoms with van der Waals surface area (Å²) in [6.07, 6.45) is 6.03. The number of carbonyl (C=O) groups excluding carboxylic acids is 1. The second-order valence-corrected chi connectivity index (χ2v) is 7.22. The Morgan fingerprint density at radius 2 is 2.06 bits per heavy atom. The third kappa shape index (κ3) is 4.12. The third-order valence-corrected chi connectivity index (χ3v) is 5.09. The molecule has 0 radical (unpaired) electrons. The highest BCUT2D eigenvalue weighted by Gasteiger charge is 2.27. The average Bonchev–Trinajstić information content (AvgIpc) is 3.64. The monoisotopic (exact) mass is 471 g/mol. The van der Waals surface area contributed by atoms with Gasteiger partial charge in [0.1, 0.15) is 0 Å². The molecule has 1 N–H and O–H groups in total. The van der Waals surface area contributed by atoms with Gasteiger partial charge in [0.15, 0.2) is 0 Å². The zero-order valence-electron chi connectivity index (χ0n) is 17.3. The molecule has 0 aromatic carbocycles. The molecule has 11 nitrogen and oxygen atoms in total. The number of aromatic amines is 1. The Kier molecular flexibility index (Phi) is 5.53. The summed E-state index contributed by atoms with van der Waals surface area (Å²) in [5, 5.41) is 14.7. The Labute approximate surface area is 188 Å². The number of alkyl halides is 2. The van der Waals surface area contributed by atoms with E-state index in [-0.39, 0.29) is 23.3 Å². The first-order chi connectivity index (χ1) is 16.5. The number of hydrogen-bond acceptors (Lipinski definition) is 7. The lowest BCUT2D eigenvalue weighted by Gasteiger charge is -2.24. The van der Waals surface area contributed by atoms with Crippen LogP contribution in [0.3, 0.4) is 0 Å². The van der Waals surface area contributed by atoms with Gasteiger partial charge in [-0.25, -0.2) is 14.2 Å². The minimum Gasteiger partial charge on any atom is -0.412 e. The van der Waals surface area contributed by atoms with Gasteiger partial charge < -0.3 is 14.3 Å². The number of H-pyrrole nitrogens is 1. The fourth-order valence-corrected chi connectivity index (χ4v) is 3.42. The van der Waals surface area contributed by atoms with Gasteiger partial charge in [-0.05, 0) is 18.2 Å². The topological polar surface area (TPSA) is 123 Å². The lowest BCUT2D eigenvalue weighted by molar-refractivity contribution is 0.0566. The number of rotatable bonds is 3. The van der Waals surface area contributed by atoms with Gasteiger partial charge in [-0.15, -0.1) is 10.2 Å². The second-order valence-electron chi connectivity index (χ2n) is 7.22. The van der Waals surface area contributed by atoms with Crippen LogP contribution in [0, 0.1) is 5.95 Å². The summed E-state index contributed by atoms with van der Waals surface area (Å²) in [6.45, 7) is -1.91. The molecule has 0 unspecified atom stereocenters. The van der Waals surface area contributed by atoms with Crippen molar-refractivity contribution in [3.63, 3.8) is 0 Å². The van der Waals surface area contributed by atoms with Crippen LogP contribution in [0.2, 0.25) is 0 Å². The molecule has 0 saturated carbocycles. The van der Waals surface area contributed by atoms with Crippen molar-refractivity contribution in [2.75, 3.05) is 6.54 Å². The molecule has 0 atom stereocenters. The number of nitrogens with zero attached hydrogens (tertiary/aromatic N) is 8. The van der Waals surface area contributed by atoms with E-state index >= 15 is 0 Å². The second kappa shape index (κ2) is 8.80. The zero-order chi connectivity index (χ0) is 23.7. The highest BCUT2D eigenvalue weighted by molar-refractivity contribution is 5.89. The van der Waals surface area contributed by atoms with Gasteiger partial charge in [0, 0.05) is 19.2 Å². The molecule has 0 aliphatic carbocycles. The number of pyridine rings is 1. The van der Waals surface area contributed by atoms with E-state index in [2.05, 4.69) is 30.4 Å². The molecule has 0 fully saturated rings. The molecule has 5 aromatic heterocycles. The zero-order valence-corrected chi connectivity index (χ0v) is 17.3. The van der Waals surface area contributed by atoms with Gasteiger partial charge in [0.2, 0.25) is 5.95 Å². The van der Waals surface area contributed by atoms with E-state index in [1.807, 2.05) is 0 Å². The van der Waals surface area contributed by atoms with E-state index in [0.717, 1.165) is 23.1 Å². The number of amides is 1. The Morgan fingerprint density at radius 1 is 1.18 bits per heavy atom. The average molecular weight is 471 g/mol. The molecule has 0 saturated heterocycles. The molecular formula is C20H16F3N9O2. The highest BCUT2D eigenvalue weighted by atomic mass is 19.3. The van der Waals surface area contributed by atoms with Crippen molar-refractivity contribution in [2.24, 2.45) is 0 Å². The van der Waals surface area contributed by atoms with Gasteiger partial charge in [-0.1, -0.05) is 6.07 Å². The van der Waals surface area contributed by atoms with Crippen molar-refractivity contribution < 1.29 is 22.4 Å². The molecular weight excluding hydrogens is 455 g/mol. The number of fused-ring (bicyclic) bond motifs is 2. The SMILES string of the molecule is Fc1cccc2ccnn12.O=C(c1nnc(-c2cnn(C(F)F)c2)o1)N1CCc2nc[nH]c2C1. The van der Waals surface area contributed by atoms with E-state index in [1.54, 1.807) is 35.6 Å². The Morgan fingerprint density at radius 3 is 2.85 bits per heavy atom. The van der Waals surface area contributed by atoms with Crippen molar-refractivity contribution in [3.8, 4) is 11.5 Å². The van der Waals surface area contributed by atoms with Gasteiger partial charge in [0.25, 0.3) is 5.89 Å². The van der Waals surface area contributed by atoms with Crippen LogP contribution in [-0.4, -0.2) is 56.9 Å². The van der Waals surface area contributed by atoms with Crippen molar-refractivity contribution in [3.05, 3.63) is 72.4 Å². The molecule has 6 rings (SSSR count). The first-order valence-corrected chi connectivity index (χ1v) is 10.0. The summed E-state index contributed by atoms with van der Waals surface area (Å²) < 4.78 is 44.8. The van der Waals surface area contributed by atoms with E-state index in [1.165, 1.54) is 16.8 Å². The molecule has 5 aromatic rings. The number of imidazole rings is 1. The lowest BCUT2D eigenvalue weighted by atomic mass is 10.1. The molecule has 14 heteroatoms. The molecule has 174 valence electrons. The van der Waals surface area contributed by atoms with Gasteiger partial charge in [-0.2, -0.15) is 23.4 Å². The normalized spacial score (nSPS) is 13.1. The summed E-state index contributed by atoms with van der Waals surface area (Å²) in [5.41, 5.74) is 2.80. The third-order valence-electron chi connectivity index (χ3n) is 5.09. The van der Waals surface area contributed by atoms with Crippen molar-refractivity contribution in [1.82, 2.24) is 44.5 Å². The molecule has 1 aliphatic heterocycles. The summed E-state index contributed by atoms with van der Waals surface area (Å²) in [4.78, 5) is 21.2. The number of carbonyl (C=O) groups is 1. The maximum Gasteiger partial charge on any atom is 0.333 e. The maximum absolute atomic E-state index is 12.7. The number of halogens is 3. The fourth-order valence-electron chi connectivity index (χ4n) is 3.42. The van der Waals surface area contributed by atoms with Crippen LogP contribution in [-0.2, 0) is 13.0 Å². The van der Waals surface area contributed by atoms with Crippen molar-refractivity contribution >= 4 is 11.4 Å². The number of nitrogens with one attached hydrogen (secondary N) is 1. The van der Waals surface area contributed by atoms with Crippen LogP contribution >= 0.6 is 0 Å². The summed E-state index contributed by atoms with van der Waals surface area (Å²) in [5.74, 6) is -0.986. The summed E-state index contributed by atoms with van der Waals surface area (Å²) in [7, 11) is 0. The summed E-state index contributed by atoms with van der Waals surface area (Å²) >= 11 is 0. The molecule has 0 bridgehead atoms. The first kappa shape index (κ1) is 21.4. The van der Waals surface area contributed by atoms with Crippen LogP contribution in [0.25, 0.3) is 17.0 Å². The first-order valence-electron chi connectivity index (χ1n) is 10.0. The number of aromatic nitrogens is 8. The maximum atomic E-state index is 12.7. The van der Waals surface area contributed by atoms with E-state index < -0.39 is 12.5 Å².